The molecule has 0 fully saturated rings. The molecule has 1 unspecified atom stereocenters. The van der Waals surface area contributed by atoms with Crippen molar-refractivity contribution in [1.29, 1.82) is 0 Å². The zero-order valence-electron chi connectivity index (χ0n) is 12.0. The molecule has 0 aliphatic rings. The maximum Gasteiger partial charge on any atom is 0.124 e. The third-order valence-corrected chi connectivity index (χ3v) is 4.16. The van der Waals surface area contributed by atoms with Gasteiger partial charge in [0.15, 0.2) is 0 Å². The van der Waals surface area contributed by atoms with Crippen LogP contribution < -0.4 is 5.32 Å². The lowest BCUT2D eigenvalue weighted by Crippen LogP contribution is -2.20. The molecule has 0 radical (unpaired) electrons. The van der Waals surface area contributed by atoms with Gasteiger partial charge in [0, 0.05) is 11.1 Å². The molecule has 0 saturated heterocycles. The summed E-state index contributed by atoms with van der Waals surface area (Å²) in [6, 6.07) is 11.0. The minimum Gasteiger partial charge on any atom is -0.313 e. The summed E-state index contributed by atoms with van der Waals surface area (Å²) in [4.78, 5) is 0. The summed E-state index contributed by atoms with van der Waals surface area (Å²) in [5, 5.41) is 3.81. The van der Waals surface area contributed by atoms with E-state index >= 15 is 0 Å². The summed E-state index contributed by atoms with van der Waals surface area (Å²) < 4.78 is 13.1. The lowest BCUT2D eigenvalue weighted by molar-refractivity contribution is 0.585. The number of aryl methyl sites for hydroxylation is 1. The predicted octanol–water partition coefficient (Wildman–Crippen LogP) is 4.60. The summed E-state index contributed by atoms with van der Waals surface area (Å²) in [5.41, 5.74) is 4.76. The van der Waals surface area contributed by atoms with Crippen LogP contribution in [0.2, 0.25) is 5.02 Å². The molecule has 3 heteroatoms. The van der Waals surface area contributed by atoms with Crippen molar-refractivity contribution in [1.82, 2.24) is 5.32 Å². The van der Waals surface area contributed by atoms with Crippen molar-refractivity contribution >= 4 is 11.6 Å². The average Bonchev–Trinajstić information content (AvgIpc) is 2.42. The molecule has 1 nitrogen and oxygen atoms in total. The molecule has 0 aromatic heterocycles. The number of likely N-dealkylation sites (N-methyl/N-ethyl adjacent to an activating group) is 1. The number of nitrogens with one attached hydrogen (secondary N) is 1. The van der Waals surface area contributed by atoms with Gasteiger partial charge in [-0.2, -0.15) is 0 Å². The van der Waals surface area contributed by atoms with E-state index in [0.717, 1.165) is 12.0 Å². The average molecular weight is 292 g/mol. The van der Waals surface area contributed by atoms with Crippen molar-refractivity contribution in [3.8, 4) is 0 Å². The van der Waals surface area contributed by atoms with Crippen molar-refractivity contribution in [3.63, 3.8) is 0 Å². The molecular formula is C17H19ClFN. The van der Waals surface area contributed by atoms with E-state index in [9.17, 15) is 4.39 Å². The predicted molar refractivity (Wildman–Crippen MR) is 82.8 cm³/mol. The van der Waals surface area contributed by atoms with Gasteiger partial charge in [-0.25, -0.2) is 4.39 Å². The van der Waals surface area contributed by atoms with Gasteiger partial charge in [0.2, 0.25) is 0 Å². The molecule has 2 aromatic rings. The van der Waals surface area contributed by atoms with Gasteiger partial charge in [0.1, 0.15) is 5.82 Å². The van der Waals surface area contributed by atoms with E-state index in [1.807, 2.05) is 7.05 Å². The Morgan fingerprint density at radius 2 is 1.95 bits per heavy atom. The Bertz CT molecular complexity index is 610. The zero-order valence-corrected chi connectivity index (χ0v) is 12.8. The van der Waals surface area contributed by atoms with Crippen LogP contribution in [0.1, 0.15) is 28.3 Å². The largest absolute Gasteiger partial charge is 0.313 e. The number of hydrogen-bond acceptors (Lipinski definition) is 1. The minimum absolute atomic E-state index is 0.165. The van der Waals surface area contributed by atoms with E-state index in [2.05, 4.69) is 37.4 Å². The number of halogens is 2. The molecular weight excluding hydrogens is 273 g/mol. The molecule has 2 aromatic carbocycles. The van der Waals surface area contributed by atoms with Crippen molar-refractivity contribution < 1.29 is 4.39 Å². The summed E-state index contributed by atoms with van der Waals surface area (Å²) >= 11 is 6.12. The monoisotopic (exact) mass is 291 g/mol. The Morgan fingerprint density at radius 1 is 1.20 bits per heavy atom. The number of rotatable bonds is 4. The first-order valence-corrected chi connectivity index (χ1v) is 7.08. The second-order valence-electron chi connectivity index (χ2n) is 5.07. The van der Waals surface area contributed by atoms with Crippen LogP contribution in [0.5, 0.6) is 0 Å². The lowest BCUT2D eigenvalue weighted by Gasteiger charge is -2.20. The van der Waals surface area contributed by atoms with Gasteiger partial charge in [0.25, 0.3) is 0 Å². The van der Waals surface area contributed by atoms with E-state index < -0.39 is 0 Å². The molecule has 0 spiro atoms. The Kier molecular flexibility index (Phi) is 4.79. The highest BCUT2D eigenvalue weighted by molar-refractivity contribution is 6.31. The van der Waals surface area contributed by atoms with Crippen molar-refractivity contribution in [2.75, 3.05) is 7.05 Å². The van der Waals surface area contributed by atoms with Gasteiger partial charge in [-0.15, -0.1) is 0 Å². The second kappa shape index (κ2) is 6.38. The Balaban J connectivity index is 2.31. The van der Waals surface area contributed by atoms with E-state index in [0.29, 0.717) is 5.02 Å². The third-order valence-electron chi connectivity index (χ3n) is 3.81. The smallest absolute Gasteiger partial charge is 0.124 e. The van der Waals surface area contributed by atoms with Gasteiger partial charge >= 0.3 is 0 Å². The van der Waals surface area contributed by atoms with Crippen LogP contribution in [-0.2, 0) is 6.42 Å². The third kappa shape index (κ3) is 3.20. The van der Waals surface area contributed by atoms with Crippen LogP contribution in [0.25, 0.3) is 0 Å². The Labute approximate surface area is 124 Å². The minimum atomic E-state index is -0.300. The van der Waals surface area contributed by atoms with Gasteiger partial charge < -0.3 is 5.32 Å². The fourth-order valence-corrected chi connectivity index (χ4v) is 2.67. The van der Waals surface area contributed by atoms with Crippen LogP contribution in [0, 0.1) is 19.7 Å². The van der Waals surface area contributed by atoms with Crippen molar-refractivity contribution in [2.45, 2.75) is 26.3 Å². The maximum absolute atomic E-state index is 13.1. The van der Waals surface area contributed by atoms with E-state index in [1.165, 1.54) is 28.8 Å². The molecule has 0 aliphatic heterocycles. The fourth-order valence-electron chi connectivity index (χ4n) is 2.43. The topological polar surface area (TPSA) is 12.0 Å². The molecule has 20 heavy (non-hydrogen) atoms. The first-order chi connectivity index (χ1) is 9.52. The fraction of sp³-hybridized carbons (Fsp3) is 0.294. The molecule has 1 atom stereocenters. The zero-order chi connectivity index (χ0) is 14.7. The highest BCUT2D eigenvalue weighted by atomic mass is 35.5. The molecule has 0 bridgehead atoms. The van der Waals surface area contributed by atoms with E-state index in [1.54, 1.807) is 6.07 Å². The highest BCUT2D eigenvalue weighted by Crippen LogP contribution is 2.27. The van der Waals surface area contributed by atoms with Gasteiger partial charge in [-0.3, -0.25) is 0 Å². The normalized spacial score (nSPS) is 12.4. The van der Waals surface area contributed by atoms with Gasteiger partial charge in [0.05, 0.1) is 0 Å². The van der Waals surface area contributed by atoms with Gasteiger partial charge in [-0.1, -0.05) is 35.9 Å². The molecule has 0 amide bonds. The summed E-state index contributed by atoms with van der Waals surface area (Å²) in [5.74, 6) is -0.300. The Morgan fingerprint density at radius 3 is 2.60 bits per heavy atom. The first-order valence-electron chi connectivity index (χ1n) is 6.70. The van der Waals surface area contributed by atoms with E-state index in [-0.39, 0.29) is 11.9 Å². The molecule has 2 rings (SSSR count). The van der Waals surface area contributed by atoms with Crippen LogP contribution >= 0.6 is 11.6 Å². The van der Waals surface area contributed by atoms with Crippen LogP contribution in [0.15, 0.2) is 36.4 Å². The Hall–Kier alpha value is -1.38. The summed E-state index contributed by atoms with van der Waals surface area (Å²) in [6.07, 6.45) is 0.736. The summed E-state index contributed by atoms with van der Waals surface area (Å²) in [6.45, 7) is 4.23. The number of hydrogen-bond donors (Lipinski definition) is 1. The molecule has 0 saturated carbocycles. The van der Waals surface area contributed by atoms with Crippen LogP contribution in [-0.4, -0.2) is 7.05 Å². The summed E-state index contributed by atoms with van der Waals surface area (Å²) in [7, 11) is 1.93. The molecule has 0 aliphatic carbocycles. The lowest BCUT2D eigenvalue weighted by atomic mass is 9.93. The number of benzene rings is 2. The second-order valence-corrected chi connectivity index (χ2v) is 5.48. The van der Waals surface area contributed by atoms with Gasteiger partial charge in [-0.05, 0) is 61.7 Å². The maximum atomic E-state index is 13.1. The highest BCUT2D eigenvalue weighted by Gasteiger charge is 2.15. The quantitative estimate of drug-likeness (QED) is 0.868. The van der Waals surface area contributed by atoms with Crippen molar-refractivity contribution in [2.24, 2.45) is 0 Å². The first kappa shape index (κ1) is 15.0. The van der Waals surface area contributed by atoms with Crippen LogP contribution in [0.4, 0.5) is 4.39 Å². The van der Waals surface area contributed by atoms with Crippen LogP contribution in [0.3, 0.4) is 0 Å². The van der Waals surface area contributed by atoms with E-state index in [4.69, 9.17) is 11.6 Å². The van der Waals surface area contributed by atoms with Crippen molar-refractivity contribution in [3.05, 3.63) is 69.5 Å². The standard InChI is InChI=1S/C17H19ClFN/c1-11-5-4-6-15(12(11)2)17(20-3)9-13-7-8-14(19)10-16(13)18/h4-8,10,17,20H,9H2,1-3H3. The molecule has 1 N–H and O–H groups in total. The molecule has 0 heterocycles. The molecule has 106 valence electrons. The SMILES string of the molecule is CNC(Cc1ccc(F)cc1Cl)c1cccc(C)c1C.